The highest BCUT2D eigenvalue weighted by atomic mass is 16.5. The minimum absolute atomic E-state index is 0.0510. The summed E-state index contributed by atoms with van der Waals surface area (Å²) in [5.74, 6) is -2.33. The summed E-state index contributed by atoms with van der Waals surface area (Å²) >= 11 is 0. The smallest absolute Gasteiger partial charge is 0.337 e. The lowest BCUT2D eigenvalue weighted by Gasteiger charge is -2.11. The molecule has 0 atom stereocenters. The molecule has 9 nitrogen and oxygen atoms in total. The average molecular weight is 485 g/mol. The van der Waals surface area contributed by atoms with Gasteiger partial charge in [-0.15, -0.1) is 0 Å². The van der Waals surface area contributed by atoms with Crippen LogP contribution in [0.25, 0.3) is 5.52 Å². The van der Waals surface area contributed by atoms with Crippen molar-refractivity contribution in [2.75, 3.05) is 11.1 Å². The van der Waals surface area contributed by atoms with Crippen LogP contribution in [-0.2, 0) is 4.79 Å². The maximum absolute atomic E-state index is 13.5. The van der Waals surface area contributed by atoms with Gasteiger partial charge < -0.3 is 25.3 Å². The van der Waals surface area contributed by atoms with Gasteiger partial charge >= 0.3 is 11.9 Å². The van der Waals surface area contributed by atoms with Crippen molar-refractivity contribution in [2.45, 2.75) is 20.8 Å². The highest BCUT2D eigenvalue weighted by Crippen LogP contribution is 2.32. The summed E-state index contributed by atoms with van der Waals surface area (Å²) < 4.78 is 6.83. The quantitative estimate of drug-likeness (QED) is 0.161. The van der Waals surface area contributed by atoms with Crippen LogP contribution in [0.4, 0.5) is 11.4 Å². The molecule has 0 unspecified atom stereocenters. The number of pyridine rings is 1. The fraction of sp³-hybridized carbons (Fsp3) is 0.111. The molecule has 2 aromatic carbocycles. The zero-order valence-corrected chi connectivity index (χ0v) is 19.8. The summed E-state index contributed by atoms with van der Waals surface area (Å²) in [4.78, 5) is 49.7. The highest BCUT2D eigenvalue weighted by molar-refractivity contribution is 6.15. The first-order valence-corrected chi connectivity index (χ1v) is 11.0. The second-order valence-electron chi connectivity index (χ2n) is 8.22. The maximum Gasteiger partial charge on any atom is 0.337 e. The number of amides is 1. The van der Waals surface area contributed by atoms with E-state index in [9.17, 15) is 24.3 Å². The SMILES string of the molecule is CC(=O)Oc1cccc(C(=O)Nc2c(C)c(C(=O)c3ccc(N)c(C(=O)O)c3)n3ccccc23)c1C. The molecule has 0 fully saturated rings. The molecule has 182 valence electrons. The fourth-order valence-electron chi connectivity index (χ4n) is 4.10. The van der Waals surface area contributed by atoms with Crippen molar-refractivity contribution in [3.63, 3.8) is 0 Å². The van der Waals surface area contributed by atoms with Gasteiger partial charge in [0, 0.05) is 41.1 Å². The average Bonchev–Trinajstić information content (AvgIpc) is 3.11. The Labute approximate surface area is 206 Å². The molecule has 9 heteroatoms. The molecule has 0 spiro atoms. The number of hydrogen-bond donors (Lipinski definition) is 3. The first kappa shape index (κ1) is 24.2. The third-order valence-electron chi connectivity index (χ3n) is 5.87. The number of nitrogens with two attached hydrogens (primary N) is 1. The second kappa shape index (κ2) is 9.38. The Morgan fingerprint density at radius 2 is 1.69 bits per heavy atom. The Bertz CT molecular complexity index is 1570. The molecule has 0 bridgehead atoms. The van der Waals surface area contributed by atoms with Gasteiger partial charge in [-0.05, 0) is 56.3 Å². The molecular formula is C27H23N3O6. The summed E-state index contributed by atoms with van der Waals surface area (Å²) in [6, 6.07) is 14.2. The standard InChI is InChI=1S/C27H23N3O6/c1-14-18(7-6-9-22(14)36-16(3)31)26(33)29-23-15(2)24(30-12-5-4-8-21(23)30)25(32)17-10-11-20(28)19(13-17)27(34)35/h4-13H,28H2,1-3H3,(H,29,33)(H,34,35). The van der Waals surface area contributed by atoms with Crippen LogP contribution in [0, 0.1) is 13.8 Å². The molecular weight excluding hydrogens is 462 g/mol. The number of aromatic nitrogens is 1. The van der Waals surface area contributed by atoms with E-state index in [1.54, 1.807) is 60.8 Å². The van der Waals surface area contributed by atoms with Crippen LogP contribution in [0.2, 0.25) is 0 Å². The number of nitrogens with one attached hydrogen (secondary N) is 1. The van der Waals surface area contributed by atoms with Crippen molar-refractivity contribution in [2.24, 2.45) is 0 Å². The lowest BCUT2D eigenvalue weighted by molar-refractivity contribution is -0.131. The number of nitrogens with zero attached hydrogens (tertiary/aromatic N) is 1. The van der Waals surface area contributed by atoms with Crippen molar-refractivity contribution in [1.29, 1.82) is 0 Å². The van der Waals surface area contributed by atoms with Gasteiger partial charge in [-0.3, -0.25) is 14.4 Å². The van der Waals surface area contributed by atoms with Crippen LogP contribution in [0.3, 0.4) is 0 Å². The molecule has 1 amide bonds. The number of benzene rings is 2. The number of fused-ring (bicyclic) bond motifs is 1. The lowest BCUT2D eigenvalue weighted by Crippen LogP contribution is -2.15. The van der Waals surface area contributed by atoms with Gasteiger partial charge in [0.1, 0.15) is 5.75 Å². The Morgan fingerprint density at radius 1 is 0.944 bits per heavy atom. The third-order valence-corrected chi connectivity index (χ3v) is 5.87. The summed E-state index contributed by atoms with van der Waals surface area (Å²) in [5, 5.41) is 12.3. The molecule has 0 aliphatic heterocycles. The van der Waals surface area contributed by atoms with Crippen LogP contribution in [0.1, 0.15) is 54.8 Å². The van der Waals surface area contributed by atoms with Crippen LogP contribution in [-0.4, -0.2) is 33.1 Å². The number of carbonyl (C=O) groups excluding carboxylic acids is 3. The molecule has 0 saturated carbocycles. The molecule has 0 saturated heterocycles. The number of ketones is 1. The summed E-state index contributed by atoms with van der Waals surface area (Å²) in [6.45, 7) is 4.66. The van der Waals surface area contributed by atoms with Crippen LogP contribution >= 0.6 is 0 Å². The predicted molar refractivity (Wildman–Crippen MR) is 134 cm³/mol. The molecule has 2 aromatic heterocycles. The summed E-state index contributed by atoms with van der Waals surface area (Å²) in [6.07, 6.45) is 1.69. The van der Waals surface area contributed by atoms with E-state index in [2.05, 4.69) is 5.32 Å². The summed E-state index contributed by atoms with van der Waals surface area (Å²) in [7, 11) is 0. The van der Waals surface area contributed by atoms with Crippen molar-refractivity contribution in [3.05, 3.63) is 94.3 Å². The van der Waals surface area contributed by atoms with Crippen LogP contribution in [0.15, 0.2) is 60.8 Å². The topological polar surface area (TPSA) is 140 Å². The number of ether oxygens (including phenoxy) is 1. The second-order valence-corrected chi connectivity index (χ2v) is 8.22. The van der Waals surface area contributed by atoms with E-state index in [0.717, 1.165) is 0 Å². The van der Waals surface area contributed by atoms with Gasteiger partial charge in [0.05, 0.1) is 22.5 Å². The van der Waals surface area contributed by atoms with Gasteiger partial charge in [-0.25, -0.2) is 4.79 Å². The van der Waals surface area contributed by atoms with Crippen molar-refractivity contribution in [1.82, 2.24) is 4.40 Å². The van der Waals surface area contributed by atoms with Gasteiger partial charge in [-0.2, -0.15) is 0 Å². The van der Waals surface area contributed by atoms with Crippen LogP contribution in [0.5, 0.6) is 5.75 Å². The zero-order chi connectivity index (χ0) is 26.1. The highest BCUT2D eigenvalue weighted by Gasteiger charge is 2.25. The number of carboxylic acids is 1. The van der Waals surface area contributed by atoms with Crippen molar-refractivity contribution >= 4 is 40.5 Å². The molecule has 4 rings (SSSR count). The Morgan fingerprint density at radius 3 is 2.39 bits per heavy atom. The first-order chi connectivity index (χ1) is 17.1. The van der Waals surface area contributed by atoms with Gasteiger partial charge in [0.15, 0.2) is 0 Å². The molecule has 0 aliphatic carbocycles. The largest absolute Gasteiger partial charge is 0.478 e. The molecule has 4 N–H and O–H groups in total. The maximum atomic E-state index is 13.5. The Kier molecular flexibility index (Phi) is 6.31. The third kappa shape index (κ3) is 4.29. The van der Waals surface area contributed by atoms with E-state index in [4.69, 9.17) is 10.5 Å². The van der Waals surface area contributed by atoms with E-state index in [1.807, 2.05) is 0 Å². The van der Waals surface area contributed by atoms with E-state index in [0.29, 0.717) is 27.9 Å². The molecule has 0 radical (unpaired) electrons. The Hall–Kier alpha value is -4.92. The minimum atomic E-state index is -1.24. The van der Waals surface area contributed by atoms with Gasteiger partial charge in [-0.1, -0.05) is 12.1 Å². The minimum Gasteiger partial charge on any atom is -0.478 e. The van der Waals surface area contributed by atoms with Gasteiger partial charge in [0.25, 0.3) is 5.91 Å². The number of nitrogen functional groups attached to an aromatic ring is 1. The lowest BCUT2D eigenvalue weighted by atomic mass is 10.0. The predicted octanol–water partition coefficient (Wildman–Crippen LogP) is 4.25. The number of anilines is 2. The normalized spacial score (nSPS) is 10.8. The molecule has 0 aliphatic rings. The number of aromatic carboxylic acids is 1. The van der Waals surface area contributed by atoms with E-state index in [-0.39, 0.29) is 28.3 Å². The van der Waals surface area contributed by atoms with E-state index >= 15 is 0 Å². The zero-order valence-electron chi connectivity index (χ0n) is 19.8. The van der Waals surface area contributed by atoms with Crippen molar-refractivity contribution < 1.29 is 29.0 Å². The van der Waals surface area contributed by atoms with E-state index in [1.165, 1.54) is 25.1 Å². The summed E-state index contributed by atoms with van der Waals surface area (Å²) in [5.41, 5.74) is 8.35. The number of hydrogen-bond acceptors (Lipinski definition) is 6. The Balaban J connectivity index is 1.78. The van der Waals surface area contributed by atoms with Crippen LogP contribution < -0.4 is 15.8 Å². The first-order valence-electron chi connectivity index (χ1n) is 11.0. The number of esters is 1. The number of rotatable bonds is 6. The van der Waals surface area contributed by atoms with Crippen molar-refractivity contribution in [3.8, 4) is 5.75 Å². The molecule has 36 heavy (non-hydrogen) atoms. The molecule has 2 heterocycles. The fourth-order valence-corrected chi connectivity index (χ4v) is 4.10. The number of carbonyl (C=O) groups is 4. The van der Waals surface area contributed by atoms with Gasteiger partial charge in [0.2, 0.25) is 5.78 Å². The monoisotopic (exact) mass is 485 g/mol. The van der Waals surface area contributed by atoms with E-state index < -0.39 is 23.6 Å². The molecule has 4 aromatic rings. The number of carboxylic acid groups (broad SMARTS) is 1.